The monoisotopic (exact) mass is 466 g/mol. The van der Waals surface area contributed by atoms with E-state index in [1.165, 1.54) is 36.5 Å². The second-order valence-electron chi connectivity index (χ2n) is 7.26. The van der Waals surface area contributed by atoms with Crippen LogP contribution in [0.4, 0.5) is 11.4 Å². The van der Waals surface area contributed by atoms with Gasteiger partial charge < -0.3 is 0 Å². The van der Waals surface area contributed by atoms with Gasteiger partial charge in [0.15, 0.2) is 0 Å². The lowest BCUT2D eigenvalue weighted by Gasteiger charge is -2.25. The van der Waals surface area contributed by atoms with Crippen LogP contribution in [-0.4, -0.2) is 32.0 Å². The number of hydrogen-bond acceptors (Lipinski definition) is 6. The van der Waals surface area contributed by atoms with E-state index in [2.05, 4.69) is 10.5 Å². The number of non-ortho nitro benzene ring substituents is 1. The van der Waals surface area contributed by atoms with Crippen molar-refractivity contribution in [3.05, 3.63) is 99.6 Å². The van der Waals surface area contributed by atoms with Crippen molar-refractivity contribution in [2.75, 3.05) is 10.8 Å². The summed E-state index contributed by atoms with van der Waals surface area (Å²) in [6.07, 6.45) is 1.25. The molecule has 3 aromatic rings. The van der Waals surface area contributed by atoms with Gasteiger partial charge in [-0.25, -0.2) is 13.8 Å². The van der Waals surface area contributed by atoms with Crippen molar-refractivity contribution in [1.82, 2.24) is 5.43 Å². The lowest BCUT2D eigenvalue weighted by Crippen LogP contribution is -2.40. The number of anilines is 1. The molecule has 0 bridgehead atoms. The van der Waals surface area contributed by atoms with E-state index in [0.29, 0.717) is 16.8 Å². The summed E-state index contributed by atoms with van der Waals surface area (Å²) in [5.74, 6) is -0.671. The van der Waals surface area contributed by atoms with Crippen LogP contribution in [-0.2, 0) is 14.8 Å². The van der Waals surface area contributed by atoms with Crippen LogP contribution in [0.3, 0.4) is 0 Å². The molecule has 3 aromatic carbocycles. The zero-order valence-electron chi connectivity index (χ0n) is 18.0. The second-order valence-corrected chi connectivity index (χ2v) is 9.12. The third-order valence-electron chi connectivity index (χ3n) is 4.76. The summed E-state index contributed by atoms with van der Waals surface area (Å²) in [4.78, 5) is 23.0. The largest absolute Gasteiger partial charge is 0.271 e. The lowest BCUT2D eigenvalue weighted by atomic mass is 10.2. The molecule has 0 saturated heterocycles. The summed E-state index contributed by atoms with van der Waals surface area (Å²) in [6.45, 7) is 3.10. The highest BCUT2D eigenvalue weighted by molar-refractivity contribution is 7.92. The summed E-state index contributed by atoms with van der Waals surface area (Å²) in [7, 11) is -4.04. The number of nitrogens with zero attached hydrogens (tertiary/aromatic N) is 3. The predicted molar refractivity (Wildman–Crippen MR) is 126 cm³/mol. The van der Waals surface area contributed by atoms with E-state index in [1.807, 2.05) is 6.92 Å². The number of para-hydroxylation sites is 1. The fourth-order valence-electron chi connectivity index (χ4n) is 3.04. The number of benzene rings is 3. The first-order valence-electron chi connectivity index (χ1n) is 9.90. The SMILES string of the molecule is Cc1ccc(S(=O)(=O)N(CC(=O)N/N=C\c2cccc([N+](=O)[O-])c2)c2ccccc2C)cc1. The minimum Gasteiger partial charge on any atom is -0.271 e. The van der Waals surface area contributed by atoms with E-state index < -0.39 is 27.4 Å². The minimum atomic E-state index is -4.04. The molecular weight excluding hydrogens is 444 g/mol. The van der Waals surface area contributed by atoms with Crippen LogP contribution in [0.5, 0.6) is 0 Å². The van der Waals surface area contributed by atoms with E-state index in [4.69, 9.17) is 0 Å². The van der Waals surface area contributed by atoms with Gasteiger partial charge in [0.2, 0.25) is 0 Å². The Balaban J connectivity index is 1.84. The first-order chi connectivity index (χ1) is 15.7. The highest BCUT2D eigenvalue weighted by Crippen LogP contribution is 2.26. The quantitative estimate of drug-likeness (QED) is 0.309. The van der Waals surface area contributed by atoms with Gasteiger partial charge in [-0.1, -0.05) is 48.0 Å². The van der Waals surface area contributed by atoms with E-state index in [0.717, 1.165) is 9.87 Å². The van der Waals surface area contributed by atoms with Crippen LogP contribution < -0.4 is 9.73 Å². The molecule has 0 aliphatic rings. The Morgan fingerprint density at radius 1 is 1.06 bits per heavy atom. The van der Waals surface area contributed by atoms with Gasteiger partial charge in [0.05, 0.1) is 21.7 Å². The molecule has 33 heavy (non-hydrogen) atoms. The molecule has 0 spiro atoms. The number of amides is 1. The number of hydrogen-bond donors (Lipinski definition) is 1. The molecule has 0 atom stereocenters. The van der Waals surface area contributed by atoms with Gasteiger partial charge >= 0.3 is 0 Å². The number of nitro benzene ring substituents is 1. The number of rotatable bonds is 8. The summed E-state index contributed by atoms with van der Waals surface area (Å²) >= 11 is 0. The highest BCUT2D eigenvalue weighted by atomic mass is 32.2. The average Bonchev–Trinajstić information content (AvgIpc) is 2.78. The Bertz CT molecular complexity index is 1300. The Hall–Kier alpha value is -4.05. The summed E-state index contributed by atoms with van der Waals surface area (Å²) in [5.41, 5.74) is 4.55. The first kappa shape index (κ1) is 23.6. The molecule has 0 aromatic heterocycles. The number of hydrazone groups is 1. The molecular formula is C23H22N4O5S. The molecule has 1 N–H and O–H groups in total. The molecule has 1 amide bonds. The molecule has 0 heterocycles. The number of aryl methyl sites for hydroxylation is 2. The van der Waals surface area contributed by atoms with Gasteiger partial charge in [0, 0.05) is 17.7 Å². The smallest absolute Gasteiger partial charge is 0.270 e. The third kappa shape index (κ3) is 5.80. The highest BCUT2D eigenvalue weighted by Gasteiger charge is 2.28. The molecule has 3 rings (SSSR count). The third-order valence-corrected chi connectivity index (χ3v) is 6.54. The van der Waals surface area contributed by atoms with Crippen LogP contribution in [0.1, 0.15) is 16.7 Å². The second kappa shape index (κ2) is 10.0. The van der Waals surface area contributed by atoms with E-state index in [9.17, 15) is 23.3 Å². The maximum absolute atomic E-state index is 13.4. The maximum atomic E-state index is 13.4. The van der Waals surface area contributed by atoms with Gasteiger partial charge in [0.1, 0.15) is 6.54 Å². The number of carbonyl (C=O) groups excluding carboxylic acids is 1. The molecule has 10 heteroatoms. The van der Waals surface area contributed by atoms with E-state index in [-0.39, 0.29) is 10.6 Å². The molecule has 0 aliphatic heterocycles. The Kier molecular flexibility index (Phi) is 7.19. The van der Waals surface area contributed by atoms with Gasteiger partial charge in [-0.2, -0.15) is 5.10 Å². The van der Waals surface area contributed by atoms with Gasteiger partial charge in [0.25, 0.3) is 21.6 Å². The maximum Gasteiger partial charge on any atom is 0.270 e. The van der Waals surface area contributed by atoms with Gasteiger partial charge in [-0.3, -0.25) is 19.2 Å². The molecule has 0 unspecified atom stereocenters. The van der Waals surface area contributed by atoms with E-state index >= 15 is 0 Å². The van der Waals surface area contributed by atoms with Gasteiger partial charge in [-0.05, 0) is 37.6 Å². The Morgan fingerprint density at radius 2 is 1.76 bits per heavy atom. The fraction of sp³-hybridized carbons (Fsp3) is 0.130. The van der Waals surface area contributed by atoms with E-state index in [1.54, 1.807) is 49.4 Å². The molecule has 0 fully saturated rings. The Labute approximate surface area is 191 Å². The van der Waals surface area contributed by atoms with Crippen LogP contribution in [0, 0.1) is 24.0 Å². The topological polar surface area (TPSA) is 122 Å². The first-order valence-corrected chi connectivity index (χ1v) is 11.3. The van der Waals surface area contributed by atoms with Crippen molar-refractivity contribution >= 4 is 33.5 Å². The number of nitro groups is 1. The molecule has 170 valence electrons. The van der Waals surface area contributed by atoms with Crippen molar-refractivity contribution in [3.8, 4) is 0 Å². The lowest BCUT2D eigenvalue weighted by molar-refractivity contribution is -0.384. The molecule has 0 radical (unpaired) electrons. The molecule has 9 nitrogen and oxygen atoms in total. The summed E-state index contributed by atoms with van der Waals surface area (Å²) < 4.78 is 27.8. The average molecular weight is 467 g/mol. The number of sulfonamides is 1. The summed E-state index contributed by atoms with van der Waals surface area (Å²) in [6, 6.07) is 18.9. The molecule has 0 saturated carbocycles. The normalized spacial score (nSPS) is 11.3. The van der Waals surface area contributed by atoms with Crippen molar-refractivity contribution in [2.24, 2.45) is 5.10 Å². The fourth-order valence-corrected chi connectivity index (χ4v) is 4.53. The zero-order chi connectivity index (χ0) is 24.0. The zero-order valence-corrected chi connectivity index (χ0v) is 18.8. The predicted octanol–water partition coefficient (Wildman–Crippen LogP) is 3.56. The standard InChI is InChI=1S/C23H22N4O5S/c1-17-10-12-21(13-11-17)33(31,32)26(22-9-4-3-6-18(22)2)16-23(28)25-24-15-19-7-5-8-20(14-19)27(29)30/h3-15H,16H2,1-2H3,(H,25,28)/b24-15-. The van der Waals surface area contributed by atoms with Crippen LogP contribution in [0.2, 0.25) is 0 Å². The number of nitrogens with one attached hydrogen (secondary N) is 1. The van der Waals surface area contributed by atoms with Crippen LogP contribution >= 0.6 is 0 Å². The van der Waals surface area contributed by atoms with Crippen molar-refractivity contribution in [1.29, 1.82) is 0 Å². The van der Waals surface area contributed by atoms with Crippen LogP contribution in [0.15, 0.2) is 82.8 Å². The van der Waals surface area contributed by atoms with Crippen molar-refractivity contribution < 1.29 is 18.1 Å². The molecule has 0 aliphatic carbocycles. The van der Waals surface area contributed by atoms with Crippen molar-refractivity contribution in [3.63, 3.8) is 0 Å². The summed E-state index contributed by atoms with van der Waals surface area (Å²) in [5, 5.41) is 14.7. The Morgan fingerprint density at radius 3 is 2.42 bits per heavy atom. The minimum absolute atomic E-state index is 0.0595. The van der Waals surface area contributed by atoms with Crippen LogP contribution in [0.25, 0.3) is 0 Å². The van der Waals surface area contributed by atoms with Crippen molar-refractivity contribution in [2.45, 2.75) is 18.7 Å². The van der Waals surface area contributed by atoms with Gasteiger partial charge in [-0.15, -0.1) is 0 Å². The number of carbonyl (C=O) groups is 1.